The number of fused-ring (bicyclic) bond motifs is 1. The zero-order chi connectivity index (χ0) is 19.0. The van der Waals surface area contributed by atoms with Crippen molar-refractivity contribution in [1.29, 1.82) is 0 Å². The normalized spacial score (nSPS) is 16.1. The van der Waals surface area contributed by atoms with Crippen LogP contribution in [-0.2, 0) is 6.54 Å². The van der Waals surface area contributed by atoms with E-state index in [0.717, 1.165) is 54.2 Å². The van der Waals surface area contributed by atoms with Gasteiger partial charge in [0.05, 0.1) is 7.11 Å². The summed E-state index contributed by atoms with van der Waals surface area (Å²) in [7, 11) is 1.70. The van der Waals surface area contributed by atoms with Crippen molar-refractivity contribution >= 4 is 28.2 Å². The van der Waals surface area contributed by atoms with Gasteiger partial charge in [0, 0.05) is 28.5 Å². The molecule has 1 saturated heterocycles. The number of nitrogens with zero attached hydrogens (tertiary/aromatic N) is 1. The van der Waals surface area contributed by atoms with Crippen LogP contribution in [0.15, 0.2) is 30.5 Å². The highest BCUT2D eigenvalue weighted by molar-refractivity contribution is 7.14. The molecule has 2 N–H and O–H groups in total. The van der Waals surface area contributed by atoms with E-state index in [-0.39, 0.29) is 0 Å². The van der Waals surface area contributed by atoms with Gasteiger partial charge in [-0.1, -0.05) is 0 Å². The lowest BCUT2D eigenvalue weighted by molar-refractivity contribution is 0.0702. The monoisotopic (exact) mass is 384 g/mol. The Kier molecular flexibility index (Phi) is 4.93. The molecular weight excluding hydrogens is 360 g/mol. The maximum atomic E-state index is 11.2. The first-order chi connectivity index (χ1) is 13.0. The van der Waals surface area contributed by atoms with Crippen molar-refractivity contribution in [2.75, 3.05) is 20.2 Å². The highest BCUT2D eigenvalue weighted by atomic mass is 32.1. The fourth-order valence-corrected chi connectivity index (χ4v) is 4.88. The number of rotatable bonds is 5. The number of aromatic carboxylic acids is 1. The van der Waals surface area contributed by atoms with Crippen LogP contribution in [0.25, 0.3) is 10.9 Å². The molecule has 3 heterocycles. The first kappa shape index (κ1) is 18.1. The minimum atomic E-state index is -0.831. The summed E-state index contributed by atoms with van der Waals surface area (Å²) in [5.41, 5.74) is 3.68. The van der Waals surface area contributed by atoms with Gasteiger partial charge in [-0.3, -0.25) is 4.90 Å². The lowest BCUT2D eigenvalue weighted by Gasteiger charge is -2.32. The highest BCUT2D eigenvalue weighted by Crippen LogP contribution is 2.35. The van der Waals surface area contributed by atoms with Crippen LogP contribution in [0.5, 0.6) is 5.75 Å². The SMILES string of the molecule is COc1ccc2[nH]cc(C3CCN(Cc4cc(C(=O)O)sc4C)CC3)c2c1. The fourth-order valence-electron chi connectivity index (χ4n) is 4.01. The molecule has 0 saturated carbocycles. The number of nitrogens with one attached hydrogen (secondary N) is 1. The summed E-state index contributed by atoms with van der Waals surface area (Å²) < 4.78 is 5.38. The number of hydrogen-bond acceptors (Lipinski definition) is 4. The molecule has 3 aromatic rings. The first-order valence-electron chi connectivity index (χ1n) is 9.25. The van der Waals surface area contributed by atoms with Crippen molar-refractivity contribution in [2.24, 2.45) is 0 Å². The Labute approximate surface area is 162 Å². The number of ether oxygens (including phenoxy) is 1. The minimum absolute atomic E-state index is 0.435. The lowest BCUT2D eigenvalue weighted by atomic mass is 9.89. The molecule has 6 heteroatoms. The predicted octanol–water partition coefficient (Wildman–Crippen LogP) is 4.62. The van der Waals surface area contributed by atoms with E-state index >= 15 is 0 Å². The average molecular weight is 385 g/mol. The van der Waals surface area contributed by atoms with Crippen LogP contribution in [0.3, 0.4) is 0 Å². The molecule has 0 spiro atoms. The Balaban J connectivity index is 1.44. The summed E-state index contributed by atoms with van der Waals surface area (Å²) in [4.78, 5) is 18.5. The summed E-state index contributed by atoms with van der Waals surface area (Å²) in [5, 5.41) is 10.4. The van der Waals surface area contributed by atoms with E-state index in [1.807, 2.05) is 19.1 Å². The molecule has 0 radical (unpaired) electrons. The third-order valence-electron chi connectivity index (χ3n) is 5.57. The van der Waals surface area contributed by atoms with Gasteiger partial charge in [0.1, 0.15) is 10.6 Å². The first-order valence-corrected chi connectivity index (χ1v) is 10.1. The van der Waals surface area contributed by atoms with E-state index in [9.17, 15) is 9.90 Å². The van der Waals surface area contributed by atoms with Gasteiger partial charge >= 0.3 is 5.97 Å². The number of carboxylic acid groups (broad SMARTS) is 1. The number of methoxy groups -OCH3 is 1. The van der Waals surface area contributed by atoms with Gasteiger partial charge in [0.2, 0.25) is 0 Å². The number of carboxylic acids is 1. The molecule has 5 nitrogen and oxygen atoms in total. The number of hydrogen-bond donors (Lipinski definition) is 2. The quantitative estimate of drug-likeness (QED) is 0.673. The van der Waals surface area contributed by atoms with E-state index in [2.05, 4.69) is 28.2 Å². The third kappa shape index (κ3) is 3.59. The second-order valence-electron chi connectivity index (χ2n) is 7.20. The van der Waals surface area contributed by atoms with Gasteiger partial charge in [-0.25, -0.2) is 4.79 Å². The predicted molar refractivity (Wildman–Crippen MR) is 108 cm³/mol. The number of aromatic amines is 1. The molecule has 27 heavy (non-hydrogen) atoms. The van der Waals surface area contributed by atoms with Crippen LogP contribution in [0.4, 0.5) is 0 Å². The number of carbonyl (C=O) groups is 1. The average Bonchev–Trinajstić information content (AvgIpc) is 3.26. The Morgan fingerprint density at radius 1 is 1.33 bits per heavy atom. The topological polar surface area (TPSA) is 65.6 Å². The standard InChI is InChI=1S/C21H24N2O3S/c1-13-15(9-20(27-13)21(24)25)12-23-7-5-14(6-8-23)18-11-22-19-4-3-16(26-2)10-17(18)19/h3-4,9-11,14,22H,5-8,12H2,1-2H3,(H,24,25). The zero-order valence-electron chi connectivity index (χ0n) is 15.6. The number of aromatic nitrogens is 1. The number of aryl methyl sites for hydroxylation is 1. The van der Waals surface area contributed by atoms with Gasteiger partial charge in [0.25, 0.3) is 0 Å². The number of benzene rings is 1. The van der Waals surface area contributed by atoms with Gasteiger partial charge in [-0.05, 0) is 74.2 Å². The third-order valence-corrected chi connectivity index (χ3v) is 6.65. The molecule has 1 aliphatic heterocycles. The highest BCUT2D eigenvalue weighted by Gasteiger charge is 2.24. The summed E-state index contributed by atoms with van der Waals surface area (Å²) >= 11 is 1.37. The molecular formula is C21H24N2O3S. The number of piperidine rings is 1. The minimum Gasteiger partial charge on any atom is -0.497 e. The summed E-state index contributed by atoms with van der Waals surface area (Å²) in [6, 6.07) is 8.02. The van der Waals surface area contributed by atoms with Crippen LogP contribution in [0, 0.1) is 6.92 Å². The molecule has 0 unspecified atom stereocenters. The van der Waals surface area contributed by atoms with Crippen molar-refractivity contribution < 1.29 is 14.6 Å². The Hall–Kier alpha value is -2.31. The van der Waals surface area contributed by atoms with E-state index < -0.39 is 5.97 Å². The summed E-state index contributed by atoms with van der Waals surface area (Å²) in [5.74, 6) is 0.603. The molecule has 142 valence electrons. The molecule has 1 aromatic carbocycles. The molecule has 0 atom stereocenters. The fraction of sp³-hybridized carbons (Fsp3) is 0.381. The number of thiophene rings is 1. The van der Waals surface area contributed by atoms with Crippen LogP contribution >= 0.6 is 11.3 Å². The van der Waals surface area contributed by atoms with Gasteiger partial charge in [-0.2, -0.15) is 0 Å². The van der Waals surface area contributed by atoms with Crippen molar-refractivity contribution in [2.45, 2.75) is 32.2 Å². The van der Waals surface area contributed by atoms with E-state index in [1.54, 1.807) is 7.11 Å². The second-order valence-corrected chi connectivity index (χ2v) is 8.46. The molecule has 1 aliphatic rings. The number of likely N-dealkylation sites (tertiary alicyclic amines) is 1. The van der Waals surface area contributed by atoms with Crippen molar-refractivity contribution in [3.8, 4) is 5.75 Å². The van der Waals surface area contributed by atoms with Crippen LogP contribution < -0.4 is 4.74 Å². The van der Waals surface area contributed by atoms with Crippen LogP contribution in [-0.4, -0.2) is 41.2 Å². The van der Waals surface area contributed by atoms with Gasteiger partial charge in [0.15, 0.2) is 0 Å². The molecule has 2 aromatic heterocycles. The molecule has 0 aliphatic carbocycles. The zero-order valence-corrected chi connectivity index (χ0v) is 16.4. The molecule has 0 amide bonds. The molecule has 0 bridgehead atoms. The van der Waals surface area contributed by atoms with Crippen molar-refractivity contribution in [3.63, 3.8) is 0 Å². The maximum Gasteiger partial charge on any atom is 0.345 e. The lowest BCUT2D eigenvalue weighted by Crippen LogP contribution is -2.32. The van der Waals surface area contributed by atoms with E-state index in [0.29, 0.717) is 10.8 Å². The second kappa shape index (κ2) is 7.37. The van der Waals surface area contributed by atoms with E-state index in [4.69, 9.17) is 4.74 Å². The molecule has 1 fully saturated rings. The largest absolute Gasteiger partial charge is 0.497 e. The van der Waals surface area contributed by atoms with Crippen molar-refractivity contribution in [3.05, 3.63) is 51.3 Å². The van der Waals surface area contributed by atoms with Gasteiger partial charge in [-0.15, -0.1) is 11.3 Å². The Morgan fingerprint density at radius 2 is 2.11 bits per heavy atom. The number of H-pyrrole nitrogens is 1. The summed E-state index contributed by atoms with van der Waals surface area (Å²) in [6.07, 6.45) is 4.37. The Morgan fingerprint density at radius 3 is 2.78 bits per heavy atom. The van der Waals surface area contributed by atoms with Crippen LogP contribution in [0.2, 0.25) is 0 Å². The van der Waals surface area contributed by atoms with Crippen molar-refractivity contribution in [1.82, 2.24) is 9.88 Å². The van der Waals surface area contributed by atoms with Crippen LogP contribution in [0.1, 0.15) is 44.4 Å². The summed E-state index contributed by atoms with van der Waals surface area (Å²) in [6.45, 7) is 4.90. The van der Waals surface area contributed by atoms with Gasteiger partial charge < -0.3 is 14.8 Å². The molecule has 4 rings (SSSR count). The maximum absolute atomic E-state index is 11.2. The smallest absolute Gasteiger partial charge is 0.345 e. The Bertz CT molecular complexity index is 967. The van der Waals surface area contributed by atoms with E-state index in [1.165, 1.54) is 22.3 Å².